The molecule has 4 nitrogen and oxygen atoms in total. The highest BCUT2D eigenvalue weighted by atomic mass is 16.5. The lowest BCUT2D eigenvalue weighted by Crippen LogP contribution is -2.45. The minimum absolute atomic E-state index is 0.000547. The van der Waals surface area contributed by atoms with Gasteiger partial charge in [-0.25, -0.2) is 0 Å². The molecule has 1 aromatic carbocycles. The van der Waals surface area contributed by atoms with Gasteiger partial charge in [-0.15, -0.1) is 0 Å². The van der Waals surface area contributed by atoms with Gasteiger partial charge in [-0.05, 0) is 37.3 Å². The van der Waals surface area contributed by atoms with Gasteiger partial charge in [-0.2, -0.15) is 0 Å². The van der Waals surface area contributed by atoms with Gasteiger partial charge in [0.15, 0.2) is 0 Å². The van der Waals surface area contributed by atoms with Crippen LogP contribution in [0.3, 0.4) is 0 Å². The second kappa shape index (κ2) is 5.43. The van der Waals surface area contributed by atoms with E-state index in [1.165, 1.54) is 19.4 Å². The van der Waals surface area contributed by atoms with E-state index in [0.29, 0.717) is 0 Å². The van der Waals surface area contributed by atoms with E-state index in [1.54, 1.807) is 0 Å². The quantitative estimate of drug-likeness (QED) is 0.922. The van der Waals surface area contributed by atoms with E-state index in [-0.39, 0.29) is 24.0 Å². The third kappa shape index (κ3) is 2.97. The Morgan fingerprint density at radius 1 is 1.24 bits per heavy atom. The molecule has 1 aromatic rings. The lowest BCUT2D eigenvalue weighted by atomic mass is 9.99. The van der Waals surface area contributed by atoms with Gasteiger partial charge < -0.3 is 10.1 Å². The zero-order chi connectivity index (χ0) is 14.2. The number of likely N-dealkylation sites (tertiary alicyclic amines) is 1. The van der Waals surface area contributed by atoms with Crippen LogP contribution in [0.5, 0.6) is 0 Å². The Hall–Kier alpha value is -1.39. The highest BCUT2D eigenvalue weighted by Gasteiger charge is 2.45. The largest absolute Gasteiger partial charge is 0.371 e. The molecule has 0 radical (unpaired) electrons. The molecule has 2 heterocycles. The van der Waals surface area contributed by atoms with E-state index in [4.69, 9.17) is 4.74 Å². The molecule has 3 atom stereocenters. The summed E-state index contributed by atoms with van der Waals surface area (Å²) in [4.78, 5) is 15.0. The Labute approximate surface area is 125 Å². The molecule has 21 heavy (non-hydrogen) atoms. The van der Waals surface area contributed by atoms with Gasteiger partial charge in [0.05, 0.1) is 18.1 Å². The van der Waals surface area contributed by atoms with E-state index in [2.05, 4.69) is 10.2 Å². The number of nitrogens with one attached hydrogen (secondary N) is 1. The highest BCUT2D eigenvalue weighted by Crippen LogP contribution is 2.36. The van der Waals surface area contributed by atoms with Crippen LogP contribution in [0.1, 0.15) is 19.3 Å². The number of hydrogen-bond donors (Lipinski definition) is 1. The number of morpholine rings is 1. The van der Waals surface area contributed by atoms with Crippen LogP contribution in [0.2, 0.25) is 0 Å². The summed E-state index contributed by atoms with van der Waals surface area (Å²) in [5, 5.41) is 3.03. The van der Waals surface area contributed by atoms with Crippen molar-refractivity contribution in [2.45, 2.75) is 31.5 Å². The fraction of sp³-hybridized carbons (Fsp3) is 0.588. The molecule has 0 spiro atoms. The third-order valence-corrected chi connectivity index (χ3v) is 4.82. The van der Waals surface area contributed by atoms with Gasteiger partial charge in [0, 0.05) is 25.3 Å². The summed E-state index contributed by atoms with van der Waals surface area (Å²) in [6, 6.07) is 9.70. The molecule has 1 amide bonds. The number of hydrogen-bond acceptors (Lipinski definition) is 3. The van der Waals surface area contributed by atoms with E-state index < -0.39 is 0 Å². The van der Waals surface area contributed by atoms with Crippen molar-refractivity contribution in [1.29, 1.82) is 0 Å². The van der Waals surface area contributed by atoms with Gasteiger partial charge in [0.1, 0.15) is 0 Å². The Kier molecular flexibility index (Phi) is 3.43. The summed E-state index contributed by atoms with van der Waals surface area (Å²) < 4.78 is 6.00. The summed E-state index contributed by atoms with van der Waals surface area (Å²) in [6.45, 7) is 3.12. The monoisotopic (exact) mass is 286 g/mol. The van der Waals surface area contributed by atoms with E-state index in [9.17, 15) is 4.79 Å². The third-order valence-electron chi connectivity index (χ3n) is 4.82. The van der Waals surface area contributed by atoms with Crippen molar-refractivity contribution in [3.05, 3.63) is 30.3 Å². The van der Waals surface area contributed by atoms with Crippen LogP contribution in [0.4, 0.5) is 5.69 Å². The van der Waals surface area contributed by atoms with Crippen molar-refractivity contribution in [3.8, 4) is 0 Å². The molecule has 3 aliphatic rings. The fourth-order valence-electron chi connectivity index (χ4n) is 3.58. The molecule has 1 N–H and O–H groups in total. The molecule has 2 saturated heterocycles. The Balaban J connectivity index is 1.38. The van der Waals surface area contributed by atoms with E-state index in [1.807, 2.05) is 30.3 Å². The summed E-state index contributed by atoms with van der Waals surface area (Å²) in [6.07, 6.45) is 3.94. The number of anilines is 1. The summed E-state index contributed by atoms with van der Waals surface area (Å²) in [7, 11) is 0. The number of carbonyl (C=O) groups excluding carboxylic acids is 1. The summed E-state index contributed by atoms with van der Waals surface area (Å²) >= 11 is 0. The van der Waals surface area contributed by atoms with Crippen molar-refractivity contribution in [3.63, 3.8) is 0 Å². The maximum absolute atomic E-state index is 12.5. The Morgan fingerprint density at radius 2 is 2.05 bits per heavy atom. The first-order valence-electron chi connectivity index (χ1n) is 8.01. The molecule has 0 unspecified atom stereocenters. The van der Waals surface area contributed by atoms with Crippen molar-refractivity contribution in [2.24, 2.45) is 11.8 Å². The smallest absolute Gasteiger partial charge is 0.230 e. The number of para-hydroxylation sites is 1. The van der Waals surface area contributed by atoms with Gasteiger partial charge in [0.2, 0.25) is 5.91 Å². The first-order valence-corrected chi connectivity index (χ1v) is 8.01. The molecular formula is C17H22N2O2. The first kappa shape index (κ1) is 13.3. The number of nitrogens with zero attached hydrogens (tertiary/aromatic N) is 1. The second-order valence-electron chi connectivity index (χ2n) is 6.66. The molecule has 4 heteroatoms. The zero-order valence-electron chi connectivity index (χ0n) is 12.2. The van der Waals surface area contributed by atoms with Crippen molar-refractivity contribution >= 4 is 11.6 Å². The lowest BCUT2D eigenvalue weighted by Gasteiger charge is -2.32. The van der Waals surface area contributed by atoms with E-state index in [0.717, 1.165) is 31.1 Å². The van der Waals surface area contributed by atoms with Crippen molar-refractivity contribution in [1.82, 2.24) is 4.90 Å². The van der Waals surface area contributed by atoms with Gasteiger partial charge in [-0.1, -0.05) is 18.2 Å². The second-order valence-corrected chi connectivity index (χ2v) is 6.66. The standard InChI is InChI=1S/C17H22N2O2/c20-17(18-13-4-2-1-3-5-13)15-8-14-10-19(9-12-6-7-12)11-16(15)21-14/h1-5,12,14-16H,6-11H2,(H,18,20)/t14-,15+,16-/m1/s1. The Morgan fingerprint density at radius 3 is 2.81 bits per heavy atom. The number of fused-ring (bicyclic) bond motifs is 2. The van der Waals surface area contributed by atoms with Crippen LogP contribution in [-0.2, 0) is 9.53 Å². The maximum Gasteiger partial charge on any atom is 0.230 e. The van der Waals surface area contributed by atoms with Crippen molar-refractivity contribution < 1.29 is 9.53 Å². The summed E-state index contributed by atoms with van der Waals surface area (Å²) in [5.41, 5.74) is 0.874. The van der Waals surface area contributed by atoms with Crippen molar-refractivity contribution in [2.75, 3.05) is 25.0 Å². The van der Waals surface area contributed by atoms with Crippen LogP contribution in [0, 0.1) is 11.8 Å². The van der Waals surface area contributed by atoms with Gasteiger partial charge in [-0.3, -0.25) is 9.69 Å². The zero-order valence-corrected chi connectivity index (χ0v) is 12.2. The molecular weight excluding hydrogens is 264 g/mol. The average Bonchev–Trinajstić information content (AvgIpc) is 3.24. The van der Waals surface area contributed by atoms with Gasteiger partial charge in [0.25, 0.3) is 0 Å². The van der Waals surface area contributed by atoms with Gasteiger partial charge >= 0.3 is 0 Å². The number of carbonyl (C=O) groups is 1. The average molecular weight is 286 g/mol. The molecule has 1 aliphatic carbocycles. The lowest BCUT2D eigenvalue weighted by molar-refractivity contribution is -0.122. The molecule has 4 rings (SSSR count). The number of rotatable bonds is 4. The predicted molar refractivity (Wildman–Crippen MR) is 81.0 cm³/mol. The number of benzene rings is 1. The molecule has 2 bridgehead atoms. The fourth-order valence-corrected chi connectivity index (χ4v) is 3.58. The maximum atomic E-state index is 12.5. The first-order chi connectivity index (χ1) is 10.3. The molecule has 1 saturated carbocycles. The van der Waals surface area contributed by atoms with Crippen LogP contribution in [0.25, 0.3) is 0 Å². The molecule has 112 valence electrons. The van der Waals surface area contributed by atoms with Crippen LogP contribution in [-0.4, -0.2) is 42.6 Å². The minimum atomic E-state index is -0.000547. The number of amides is 1. The molecule has 0 aromatic heterocycles. The van der Waals surface area contributed by atoms with Crippen LogP contribution in [0.15, 0.2) is 30.3 Å². The summed E-state index contributed by atoms with van der Waals surface area (Å²) in [5.74, 6) is 1.01. The number of ether oxygens (including phenoxy) is 1. The highest BCUT2D eigenvalue weighted by molar-refractivity contribution is 5.93. The Bertz CT molecular complexity index is 515. The van der Waals surface area contributed by atoms with Crippen LogP contribution >= 0.6 is 0 Å². The molecule has 3 fully saturated rings. The SMILES string of the molecule is O=C(Nc1ccccc1)[C@H]1C[C@@H]2CN(CC3CC3)C[C@H]1O2. The molecule has 2 aliphatic heterocycles. The minimum Gasteiger partial charge on any atom is -0.371 e. The predicted octanol–water partition coefficient (Wildman–Crippen LogP) is 2.12. The van der Waals surface area contributed by atoms with E-state index >= 15 is 0 Å². The topological polar surface area (TPSA) is 41.6 Å². The van der Waals surface area contributed by atoms with Crippen LogP contribution < -0.4 is 5.32 Å². The normalized spacial score (nSPS) is 32.1.